The molecule has 2 aromatic carbocycles. The fourth-order valence-corrected chi connectivity index (χ4v) is 5.94. The highest BCUT2D eigenvalue weighted by Crippen LogP contribution is 2.34. The number of hydrogen-bond acceptors (Lipinski definition) is 4. The lowest BCUT2D eigenvalue weighted by atomic mass is 10.1. The summed E-state index contributed by atoms with van der Waals surface area (Å²) in [5.41, 5.74) is 4.88. The molecule has 0 spiro atoms. The summed E-state index contributed by atoms with van der Waals surface area (Å²) >= 11 is 1.80. The molecule has 0 aliphatic heterocycles. The summed E-state index contributed by atoms with van der Waals surface area (Å²) in [6, 6.07) is 19.1. The highest BCUT2D eigenvalue weighted by atomic mass is 32.9. The Hall–Kier alpha value is -1.36. The minimum Gasteiger partial charge on any atom is -0.237 e. The lowest BCUT2D eigenvalue weighted by Crippen LogP contribution is -1.97. The third-order valence-corrected chi connectivity index (χ3v) is 7.19. The second kappa shape index (κ2) is 7.27. The highest BCUT2D eigenvalue weighted by molar-refractivity contribution is 8.02. The first-order chi connectivity index (χ1) is 10.8. The molecule has 0 fully saturated rings. The fraction of sp³-hybridized carbons (Fsp3) is 0.167. The van der Waals surface area contributed by atoms with E-state index in [1.54, 1.807) is 22.1 Å². The third-order valence-electron chi connectivity index (χ3n) is 3.44. The molecule has 0 bridgehead atoms. The largest absolute Gasteiger partial charge is 0.237 e. The zero-order valence-corrected chi connectivity index (χ0v) is 15.0. The van der Waals surface area contributed by atoms with Gasteiger partial charge >= 0.3 is 0 Å². The van der Waals surface area contributed by atoms with Gasteiger partial charge in [0.25, 0.3) is 0 Å². The quantitative estimate of drug-likeness (QED) is 0.418. The molecule has 1 heterocycles. The molecule has 0 aliphatic carbocycles. The molecule has 0 unspecified atom stereocenters. The van der Waals surface area contributed by atoms with Gasteiger partial charge < -0.3 is 0 Å². The number of aryl methyl sites for hydroxylation is 1. The van der Waals surface area contributed by atoms with Crippen LogP contribution in [-0.2, 0) is 6.42 Å². The van der Waals surface area contributed by atoms with Gasteiger partial charge in [-0.05, 0) is 35.9 Å². The van der Waals surface area contributed by atoms with Crippen LogP contribution in [0, 0.1) is 0 Å². The Morgan fingerprint density at radius 3 is 2.32 bits per heavy atom. The summed E-state index contributed by atoms with van der Waals surface area (Å²) in [6.07, 6.45) is 3.19. The fourth-order valence-electron chi connectivity index (χ4n) is 2.23. The second-order valence-corrected chi connectivity index (χ2v) is 8.04. The standard InChI is InChI=1S/C18H17NS3/c1-3-13-9-11-15(12-10-13)19-17-16(18(20-2)22-21-17)14-7-5-4-6-8-14/h4-12H,3H2,1-2H3. The Labute approximate surface area is 142 Å². The molecule has 0 amide bonds. The van der Waals surface area contributed by atoms with E-state index < -0.39 is 0 Å². The van der Waals surface area contributed by atoms with Crippen molar-refractivity contribution in [2.45, 2.75) is 17.6 Å². The van der Waals surface area contributed by atoms with Gasteiger partial charge in [-0.15, -0.1) is 11.8 Å². The van der Waals surface area contributed by atoms with Crippen LogP contribution in [0.4, 0.5) is 5.69 Å². The van der Waals surface area contributed by atoms with Gasteiger partial charge in [-0.25, -0.2) is 4.99 Å². The maximum Gasteiger partial charge on any atom is 0.136 e. The molecule has 0 atom stereocenters. The van der Waals surface area contributed by atoms with Crippen molar-refractivity contribution < 1.29 is 0 Å². The van der Waals surface area contributed by atoms with Crippen molar-refractivity contribution in [3.63, 3.8) is 0 Å². The van der Waals surface area contributed by atoms with E-state index in [1.807, 2.05) is 10.3 Å². The van der Waals surface area contributed by atoms with Crippen molar-refractivity contribution in [2.24, 2.45) is 4.99 Å². The first kappa shape index (κ1) is 15.5. The molecule has 3 aromatic rings. The van der Waals surface area contributed by atoms with Crippen LogP contribution in [-0.4, -0.2) is 6.26 Å². The van der Waals surface area contributed by atoms with E-state index in [9.17, 15) is 0 Å². The molecule has 22 heavy (non-hydrogen) atoms. The van der Waals surface area contributed by atoms with Crippen LogP contribution in [0.1, 0.15) is 12.5 Å². The van der Waals surface area contributed by atoms with Crippen molar-refractivity contribution in [2.75, 3.05) is 6.26 Å². The molecular formula is C18H17NS3. The van der Waals surface area contributed by atoms with Crippen molar-refractivity contribution in [3.05, 3.63) is 64.8 Å². The SMILES string of the molecule is CCc1ccc(N=c2ssc(SC)c2-c2ccccc2)cc1. The predicted octanol–water partition coefficient (Wildman–Crippen LogP) is 5.99. The molecule has 112 valence electrons. The Bertz CT molecular complexity index is 798. The Morgan fingerprint density at radius 1 is 0.955 bits per heavy atom. The summed E-state index contributed by atoms with van der Waals surface area (Å²) in [7, 11) is 3.56. The molecule has 0 saturated heterocycles. The average molecular weight is 344 g/mol. The van der Waals surface area contributed by atoms with Crippen LogP contribution in [0.15, 0.2) is 63.8 Å². The topological polar surface area (TPSA) is 12.4 Å². The van der Waals surface area contributed by atoms with Crippen LogP contribution in [0.5, 0.6) is 0 Å². The van der Waals surface area contributed by atoms with Crippen molar-refractivity contribution in [1.82, 2.24) is 0 Å². The second-order valence-electron chi connectivity index (χ2n) is 4.84. The van der Waals surface area contributed by atoms with Gasteiger partial charge in [0.1, 0.15) is 4.67 Å². The van der Waals surface area contributed by atoms with Crippen LogP contribution >= 0.6 is 32.4 Å². The Morgan fingerprint density at radius 2 is 1.68 bits per heavy atom. The molecule has 0 N–H and O–H groups in total. The maximum atomic E-state index is 4.88. The minimum atomic E-state index is 1.02. The van der Waals surface area contributed by atoms with E-state index in [-0.39, 0.29) is 0 Å². The molecule has 4 heteroatoms. The van der Waals surface area contributed by atoms with Crippen molar-refractivity contribution in [3.8, 4) is 11.1 Å². The Kier molecular flexibility index (Phi) is 5.13. The van der Waals surface area contributed by atoms with E-state index >= 15 is 0 Å². The van der Waals surface area contributed by atoms with Crippen LogP contribution in [0.2, 0.25) is 0 Å². The van der Waals surface area contributed by atoms with Crippen LogP contribution in [0.3, 0.4) is 0 Å². The van der Waals surface area contributed by atoms with Crippen LogP contribution < -0.4 is 4.67 Å². The van der Waals surface area contributed by atoms with E-state index in [0.717, 1.165) is 16.8 Å². The molecule has 0 radical (unpaired) electrons. The first-order valence-electron chi connectivity index (χ1n) is 7.18. The van der Waals surface area contributed by atoms with Gasteiger partial charge in [0.15, 0.2) is 0 Å². The molecular weight excluding hydrogens is 326 g/mol. The van der Waals surface area contributed by atoms with Gasteiger partial charge in [0, 0.05) is 5.56 Å². The van der Waals surface area contributed by atoms with Crippen molar-refractivity contribution >= 4 is 38.1 Å². The molecule has 1 aromatic heterocycles. The summed E-state index contributed by atoms with van der Waals surface area (Å²) in [6.45, 7) is 2.17. The average Bonchev–Trinajstić information content (AvgIpc) is 2.99. The van der Waals surface area contributed by atoms with E-state index in [2.05, 4.69) is 67.8 Å². The number of rotatable bonds is 4. The van der Waals surface area contributed by atoms with E-state index in [0.29, 0.717) is 0 Å². The lowest BCUT2D eigenvalue weighted by Gasteiger charge is -2.01. The normalized spacial score (nSPS) is 11.8. The van der Waals surface area contributed by atoms with Gasteiger partial charge in [-0.1, -0.05) is 70.1 Å². The van der Waals surface area contributed by atoms with Gasteiger partial charge in [-0.3, -0.25) is 0 Å². The third kappa shape index (κ3) is 3.35. The predicted molar refractivity (Wildman–Crippen MR) is 100 cm³/mol. The van der Waals surface area contributed by atoms with Crippen LogP contribution in [0.25, 0.3) is 11.1 Å². The number of nitrogens with zero attached hydrogens (tertiary/aromatic N) is 1. The number of thioether (sulfide) groups is 1. The van der Waals surface area contributed by atoms with Gasteiger partial charge in [0.2, 0.25) is 0 Å². The first-order valence-corrected chi connectivity index (χ1v) is 10.6. The smallest absolute Gasteiger partial charge is 0.136 e. The zero-order chi connectivity index (χ0) is 15.4. The highest BCUT2D eigenvalue weighted by Gasteiger charge is 2.10. The van der Waals surface area contributed by atoms with Crippen molar-refractivity contribution in [1.29, 1.82) is 0 Å². The maximum absolute atomic E-state index is 4.88. The van der Waals surface area contributed by atoms with E-state index in [4.69, 9.17) is 4.99 Å². The Balaban J connectivity index is 2.10. The monoisotopic (exact) mass is 343 g/mol. The summed E-state index contributed by atoms with van der Waals surface area (Å²) in [5.74, 6) is 0. The zero-order valence-electron chi connectivity index (χ0n) is 12.6. The summed E-state index contributed by atoms with van der Waals surface area (Å²) in [5, 5.41) is 0. The van der Waals surface area contributed by atoms with E-state index in [1.165, 1.54) is 20.9 Å². The molecule has 0 aliphatic rings. The summed E-state index contributed by atoms with van der Waals surface area (Å²) < 4.78 is 2.44. The van der Waals surface area contributed by atoms with Gasteiger partial charge in [0.05, 0.1) is 9.90 Å². The molecule has 1 nitrogen and oxygen atoms in total. The molecule has 0 saturated carbocycles. The number of benzene rings is 2. The minimum absolute atomic E-state index is 1.02. The van der Waals surface area contributed by atoms with Gasteiger partial charge in [-0.2, -0.15) is 0 Å². The molecule has 3 rings (SSSR count). The lowest BCUT2D eigenvalue weighted by molar-refractivity contribution is 1.14. The number of hydrogen-bond donors (Lipinski definition) is 0. The summed E-state index contributed by atoms with van der Waals surface area (Å²) in [4.78, 5) is 4.88.